The van der Waals surface area contributed by atoms with Gasteiger partial charge in [0.05, 0.1) is 0 Å². The minimum absolute atomic E-state index is 0.0560. The summed E-state index contributed by atoms with van der Waals surface area (Å²) in [4.78, 5) is 0. The highest BCUT2D eigenvalue weighted by atomic mass is 35.5. The minimum atomic E-state index is 0.0560. The van der Waals surface area contributed by atoms with Gasteiger partial charge in [-0.05, 0) is 59.4 Å². The Labute approximate surface area is 124 Å². The van der Waals surface area contributed by atoms with E-state index in [1.165, 1.54) is 22.3 Å². The number of hydrogen-bond donors (Lipinski definition) is 0. The quantitative estimate of drug-likeness (QED) is 0.629. The van der Waals surface area contributed by atoms with E-state index >= 15 is 0 Å². The lowest BCUT2D eigenvalue weighted by molar-refractivity contribution is 0.490. The van der Waals surface area contributed by atoms with Gasteiger partial charge >= 0.3 is 0 Å². The van der Waals surface area contributed by atoms with Crippen molar-refractivity contribution in [2.75, 3.05) is 0 Å². The molecule has 0 aromatic heterocycles. The van der Waals surface area contributed by atoms with E-state index in [2.05, 4.69) is 38.1 Å². The van der Waals surface area contributed by atoms with Gasteiger partial charge < -0.3 is 0 Å². The van der Waals surface area contributed by atoms with Gasteiger partial charge in [0.15, 0.2) is 0 Å². The molecule has 1 aliphatic rings. The van der Waals surface area contributed by atoms with Gasteiger partial charge in [-0.15, -0.1) is 0 Å². The van der Waals surface area contributed by atoms with Gasteiger partial charge in [0, 0.05) is 15.5 Å². The Balaban J connectivity index is 2.38. The van der Waals surface area contributed by atoms with Crippen molar-refractivity contribution in [2.24, 2.45) is 0 Å². The van der Waals surface area contributed by atoms with Crippen LogP contribution in [0.1, 0.15) is 37.8 Å². The van der Waals surface area contributed by atoms with Crippen LogP contribution < -0.4 is 0 Å². The van der Waals surface area contributed by atoms with Crippen LogP contribution in [0, 0.1) is 0 Å². The molecular weight excluding hydrogens is 275 g/mol. The fourth-order valence-electron chi connectivity index (χ4n) is 3.45. The molecule has 0 spiro atoms. The van der Waals surface area contributed by atoms with Gasteiger partial charge in [0.25, 0.3) is 0 Å². The molecule has 0 heterocycles. The number of halogens is 2. The second kappa shape index (κ2) is 4.54. The lowest BCUT2D eigenvalue weighted by Crippen LogP contribution is -2.23. The summed E-state index contributed by atoms with van der Waals surface area (Å²) >= 11 is 12.4. The first kappa shape index (κ1) is 13.0. The van der Waals surface area contributed by atoms with E-state index in [-0.39, 0.29) is 5.41 Å². The zero-order valence-electron chi connectivity index (χ0n) is 11.1. The van der Waals surface area contributed by atoms with Crippen LogP contribution in [0.2, 0.25) is 10.0 Å². The van der Waals surface area contributed by atoms with E-state index in [9.17, 15) is 0 Å². The molecule has 0 aliphatic heterocycles. The number of benzene rings is 2. The van der Waals surface area contributed by atoms with Crippen molar-refractivity contribution in [3.63, 3.8) is 0 Å². The monoisotopic (exact) mass is 290 g/mol. The molecular formula is C17H16Cl2. The van der Waals surface area contributed by atoms with Crippen molar-refractivity contribution in [3.8, 4) is 11.1 Å². The third-order valence-electron chi connectivity index (χ3n) is 4.49. The number of fused-ring (bicyclic) bond motifs is 3. The first-order valence-corrected chi connectivity index (χ1v) is 7.48. The van der Waals surface area contributed by atoms with Gasteiger partial charge in [-0.2, -0.15) is 0 Å². The van der Waals surface area contributed by atoms with Crippen molar-refractivity contribution < 1.29 is 0 Å². The molecule has 0 atom stereocenters. The summed E-state index contributed by atoms with van der Waals surface area (Å²) in [5, 5.41) is 1.62. The Bertz CT molecular complexity index is 586. The summed E-state index contributed by atoms with van der Waals surface area (Å²) in [6, 6.07) is 12.5. The summed E-state index contributed by atoms with van der Waals surface area (Å²) in [5.41, 5.74) is 5.37. The highest BCUT2D eigenvalue weighted by Gasteiger charge is 2.40. The van der Waals surface area contributed by atoms with Crippen molar-refractivity contribution in [1.82, 2.24) is 0 Å². The first-order chi connectivity index (χ1) is 9.12. The molecule has 0 amide bonds. The second-order valence-electron chi connectivity index (χ2n) is 5.17. The van der Waals surface area contributed by atoms with E-state index < -0.39 is 0 Å². The van der Waals surface area contributed by atoms with Crippen molar-refractivity contribution in [3.05, 3.63) is 57.6 Å². The van der Waals surface area contributed by atoms with Gasteiger partial charge in [-0.1, -0.05) is 49.2 Å². The molecule has 2 aromatic rings. The third-order valence-corrected chi connectivity index (χ3v) is 4.96. The molecule has 0 unspecified atom stereocenters. The van der Waals surface area contributed by atoms with Gasteiger partial charge in [0.1, 0.15) is 0 Å². The van der Waals surface area contributed by atoms with E-state index in [1.807, 2.05) is 12.1 Å². The summed E-state index contributed by atoms with van der Waals surface area (Å²) in [7, 11) is 0. The first-order valence-electron chi connectivity index (χ1n) is 6.73. The van der Waals surface area contributed by atoms with Gasteiger partial charge in [0.2, 0.25) is 0 Å². The molecule has 0 nitrogen and oxygen atoms in total. The zero-order valence-corrected chi connectivity index (χ0v) is 12.6. The van der Waals surface area contributed by atoms with Crippen LogP contribution in [0.4, 0.5) is 0 Å². The Morgan fingerprint density at radius 1 is 0.789 bits per heavy atom. The summed E-state index contributed by atoms with van der Waals surface area (Å²) in [6.07, 6.45) is 2.12. The van der Waals surface area contributed by atoms with Crippen LogP contribution in [0.15, 0.2) is 36.4 Å². The van der Waals surface area contributed by atoms with E-state index in [0.29, 0.717) is 0 Å². The topological polar surface area (TPSA) is 0 Å². The maximum atomic E-state index is 6.21. The van der Waals surface area contributed by atoms with Gasteiger partial charge in [-0.3, -0.25) is 0 Å². The molecule has 19 heavy (non-hydrogen) atoms. The van der Waals surface area contributed by atoms with Crippen LogP contribution in [0.25, 0.3) is 11.1 Å². The normalized spacial score (nSPS) is 15.2. The number of hydrogen-bond acceptors (Lipinski definition) is 0. The SMILES string of the molecule is CCC1(CC)c2cc(Cl)ccc2-c2ccc(Cl)cc21. The molecule has 1 aliphatic carbocycles. The largest absolute Gasteiger partial charge is 0.0843 e. The maximum Gasteiger partial charge on any atom is 0.0409 e. The zero-order chi connectivity index (χ0) is 13.6. The smallest absolute Gasteiger partial charge is 0.0409 e. The molecule has 0 saturated carbocycles. The Morgan fingerprint density at radius 2 is 1.21 bits per heavy atom. The molecule has 3 rings (SSSR count). The fraction of sp³-hybridized carbons (Fsp3) is 0.294. The fourth-order valence-corrected chi connectivity index (χ4v) is 3.80. The molecule has 0 bridgehead atoms. The lowest BCUT2D eigenvalue weighted by atomic mass is 9.74. The molecule has 98 valence electrons. The molecule has 0 N–H and O–H groups in total. The summed E-state index contributed by atoms with van der Waals surface area (Å²) in [5.74, 6) is 0. The van der Waals surface area contributed by atoms with E-state index in [1.54, 1.807) is 0 Å². The Kier molecular flexibility index (Phi) is 3.11. The van der Waals surface area contributed by atoms with E-state index in [0.717, 1.165) is 22.9 Å². The maximum absolute atomic E-state index is 6.21. The lowest BCUT2D eigenvalue weighted by Gasteiger charge is -2.29. The van der Waals surface area contributed by atoms with Crippen LogP contribution in [0.5, 0.6) is 0 Å². The predicted octanol–water partition coefficient (Wildman–Crippen LogP) is 6.08. The average molecular weight is 291 g/mol. The highest BCUT2D eigenvalue weighted by Crippen LogP contribution is 2.53. The van der Waals surface area contributed by atoms with Gasteiger partial charge in [-0.25, -0.2) is 0 Å². The van der Waals surface area contributed by atoms with Crippen LogP contribution in [-0.2, 0) is 5.41 Å². The summed E-state index contributed by atoms with van der Waals surface area (Å²) < 4.78 is 0. The van der Waals surface area contributed by atoms with Crippen LogP contribution >= 0.6 is 23.2 Å². The van der Waals surface area contributed by atoms with Crippen LogP contribution in [0.3, 0.4) is 0 Å². The highest BCUT2D eigenvalue weighted by molar-refractivity contribution is 6.31. The van der Waals surface area contributed by atoms with E-state index in [4.69, 9.17) is 23.2 Å². The average Bonchev–Trinajstić information content (AvgIpc) is 2.67. The molecule has 2 aromatic carbocycles. The second-order valence-corrected chi connectivity index (χ2v) is 6.04. The standard InChI is InChI=1S/C17H16Cl2/c1-3-17(4-2)15-9-11(18)5-7-13(15)14-8-6-12(19)10-16(14)17/h5-10H,3-4H2,1-2H3. The van der Waals surface area contributed by atoms with Crippen molar-refractivity contribution in [1.29, 1.82) is 0 Å². The number of rotatable bonds is 2. The Hall–Kier alpha value is -0.980. The molecule has 0 radical (unpaired) electrons. The van der Waals surface area contributed by atoms with Crippen molar-refractivity contribution >= 4 is 23.2 Å². The van der Waals surface area contributed by atoms with Crippen LogP contribution in [-0.4, -0.2) is 0 Å². The molecule has 0 fully saturated rings. The third kappa shape index (κ3) is 1.74. The molecule has 2 heteroatoms. The molecule has 0 saturated heterocycles. The summed E-state index contributed by atoms with van der Waals surface area (Å²) in [6.45, 7) is 4.48. The predicted molar refractivity (Wildman–Crippen MR) is 83.3 cm³/mol. The Morgan fingerprint density at radius 3 is 1.58 bits per heavy atom. The van der Waals surface area contributed by atoms with Crippen molar-refractivity contribution in [2.45, 2.75) is 32.1 Å². The minimum Gasteiger partial charge on any atom is -0.0843 e.